The maximum absolute atomic E-state index is 13.8. The first-order chi connectivity index (χ1) is 20.1. The Labute approximate surface area is 242 Å². The molecule has 0 unspecified atom stereocenters. The van der Waals surface area contributed by atoms with Crippen LogP contribution in [0.25, 0.3) is 28.1 Å². The average Bonchev–Trinajstić information content (AvgIpc) is 3.42. The summed E-state index contributed by atoms with van der Waals surface area (Å²) in [5.41, 5.74) is 6.52. The summed E-state index contributed by atoms with van der Waals surface area (Å²) in [6, 6.07) is 6.41. The molecular formula is C26H28F5N7O4S. The van der Waals surface area contributed by atoms with Crippen LogP contribution in [0.4, 0.5) is 27.8 Å². The standard InChI is InChI=1S/C26H28F5N7O4S/c1-14-22(33-20-10-16(11-21(42-2)37(14)20)24(39)35-8-4-5-17(32)12-35)18-9-15-6-7-19(38(25(27)28)43(3,40)41)34-23(15)36(18)13-26(29,30)31/h6-7,9-11,17,25H,4-5,8,12-13,32H2,1-3H3/t17-/m1/s1. The van der Waals surface area contributed by atoms with Crippen LogP contribution in [0.1, 0.15) is 28.9 Å². The summed E-state index contributed by atoms with van der Waals surface area (Å²) in [6.45, 7) is -2.59. The fourth-order valence-corrected chi connectivity index (χ4v) is 6.09. The molecule has 0 aliphatic carbocycles. The lowest BCUT2D eigenvalue weighted by atomic mass is 10.1. The summed E-state index contributed by atoms with van der Waals surface area (Å²) in [5, 5.41) is 0.131. The highest BCUT2D eigenvalue weighted by atomic mass is 32.2. The van der Waals surface area contributed by atoms with E-state index < -0.39 is 35.1 Å². The third-order valence-electron chi connectivity index (χ3n) is 7.19. The molecule has 4 aromatic rings. The van der Waals surface area contributed by atoms with E-state index in [1.165, 1.54) is 35.8 Å². The van der Waals surface area contributed by atoms with Gasteiger partial charge in [-0.05, 0) is 44.0 Å². The number of alkyl halides is 5. The molecule has 5 heterocycles. The van der Waals surface area contributed by atoms with Crippen molar-refractivity contribution in [2.24, 2.45) is 5.73 Å². The minimum absolute atomic E-state index is 0.0574. The maximum Gasteiger partial charge on any atom is 0.406 e. The Bertz CT molecular complexity index is 1820. The predicted molar refractivity (Wildman–Crippen MR) is 148 cm³/mol. The van der Waals surface area contributed by atoms with E-state index >= 15 is 0 Å². The van der Waals surface area contributed by atoms with Gasteiger partial charge in [0, 0.05) is 36.1 Å². The fourth-order valence-electron chi connectivity index (χ4n) is 5.36. The Morgan fingerprint density at radius 2 is 1.93 bits per heavy atom. The number of hydrogen-bond acceptors (Lipinski definition) is 7. The zero-order valence-corrected chi connectivity index (χ0v) is 24.1. The first kappa shape index (κ1) is 30.5. The number of likely N-dealkylation sites (tertiary alicyclic amines) is 1. The molecular weight excluding hydrogens is 601 g/mol. The molecule has 0 spiro atoms. The van der Waals surface area contributed by atoms with Gasteiger partial charge in [0.05, 0.1) is 24.8 Å². The molecule has 0 radical (unpaired) electrons. The Hall–Kier alpha value is -3.99. The predicted octanol–water partition coefficient (Wildman–Crippen LogP) is 3.78. The fraction of sp³-hybridized carbons (Fsp3) is 0.423. The second kappa shape index (κ2) is 10.9. The minimum atomic E-state index is -4.77. The van der Waals surface area contributed by atoms with E-state index in [2.05, 4.69) is 9.97 Å². The summed E-state index contributed by atoms with van der Waals surface area (Å²) >= 11 is 0. The number of carbonyl (C=O) groups excluding carboxylic acids is 1. The van der Waals surface area contributed by atoms with E-state index in [4.69, 9.17) is 10.5 Å². The normalized spacial score (nSPS) is 16.4. The molecule has 0 aromatic carbocycles. The highest BCUT2D eigenvalue weighted by Crippen LogP contribution is 2.35. The molecule has 1 amide bonds. The van der Waals surface area contributed by atoms with Gasteiger partial charge in [-0.25, -0.2) is 18.4 Å². The number of amides is 1. The third kappa shape index (κ3) is 5.82. The van der Waals surface area contributed by atoms with Gasteiger partial charge in [-0.2, -0.15) is 26.3 Å². The van der Waals surface area contributed by atoms with E-state index in [0.717, 1.165) is 23.5 Å². The number of fused-ring (bicyclic) bond motifs is 2. The number of rotatable bonds is 7. The number of hydrogen-bond donors (Lipinski definition) is 1. The number of aryl methyl sites for hydroxylation is 1. The molecule has 5 rings (SSSR count). The monoisotopic (exact) mass is 629 g/mol. The van der Waals surface area contributed by atoms with E-state index in [0.29, 0.717) is 25.0 Å². The van der Waals surface area contributed by atoms with Gasteiger partial charge in [0.25, 0.3) is 5.91 Å². The average molecular weight is 630 g/mol. The number of aromatic nitrogens is 4. The molecule has 0 bridgehead atoms. The van der Waals surface area contributed by atoms with Crippen molar-refractivity contribution in [3.8, 4) is 17.3 Å². The molecule has 1 saturated heterocycles. The second-order valence-corrected chi connectivity index (χ2v) is 12.2. The van der Waals surface area contributed by atoms with Crippen LogP contribution in [0.5, 0.6) is 5.88 Å². The number of pyridine rings is 2. The molecule has 1 aliphatic rings. The molecule has 11 nitrogen and oxygen atoms in total. The first-order valence-corrected chi connectivity index (χ1v) is 14.9. The minimum Gasteiger partial charge on any atom is -0.482 e. The van der Waals surface area contributed by atoms with Gasteiger partial charge in [-0.15, -0.1) is 0 Å². The van der Waals surface area contributed by atoms with Crippen LogP contribution in [0.15, 0.2) is 30.3 Å². The van der Waals surface area contributed by atoms with Gasteiger partial charge >= 0.3 is 12.7 Å². The molecule has 1 aliphatic heterocycles. The SMILES string of the molecule is COc1cc(C(=O)N2CCC[C@@H](N)C2)cc2nc(-c3cc4ccc(N(C(F)F)S(C)(=O)=O)nc4n3CC(F)(F)F)c(C)n12. The van der Waals surface area contributed by atoms with E-state index in [1.807, 2.05) is 0 Å². The zero-order chi connectivity index (χ0) is 31.4. The lowest BCUT2D eigenvalue weighted by Gasteiger charge is -2.30. The number of methoxy groups -OCH3 is 1. The Balaban J connectivity index is 1.69. The smallest absolute Gasteiger partial charge is 0.406 e. The van der Waals surface area contributed by atoms with Crippen LogP contribution >= 0.6 is 0 Å². The van der Waals surface area contributed by atoms with Crippen molar-refractivity contribution in [3.63, 3.8) is 0 Å². The van der Waals surface area contributed by atoms with Crippen molar-refractivity contribution in [2.75, 3.05) is 30.8 Å². The summed E-state index contributed by atoms with van der Waals surface area (Å²) in [5.74, 6) is -0.833. The Morgan fingerprint density at radius 1 is 1.21 bits per heavy atom. The summed E-state index contributed by atoms with van der Waals surface area (Å²) in [4.78, 5) is 23.4. The molecule has 1 atom stereocenters. The van der Waals surface area contributed by atoms with Gasteiger partial charge in [0.1, 0.15) is 29.4 Å². The number of halogens is 5. The van der Waals surface area contributed by atoms with Crippen molar-refractivity contribution in [1.29, 1.82) is 0 Å². The molecule has 17 heteroatoms. The van der Waals surface area contributed by atoms with Crippen LogP contribution in [0.2, 0.25) is 0 Å². The van der Waals surface area contributed by atoms with Gasteiger partial charge in [0.2, 0.25) is 10.0 Å². The quantitative estimate of drug-likeness (QED) is 0.244. The van der Waals surface area contributed by atoms with Crippen molar-refractivity contribution in [2.45, 2.75) is 45.1 Å². The number of anilines is 1. The van der Waals surface area contributed by atoms with Gasteiger partial charge in [-0.3, -0.25) is 9.20 Å². The molecule has 1 fully saturated rings. The highest BCUT2D eigenvalue weighted by Gasteiger charge is 2.33. The van der Waals surface area contributed by atoms with Gasteiger partial charge in [0.15, 0.2) is 5.88 Å². The van der Waals surface area contributed by atoms with Gasteiger partial charge in [-0.1, -0.05) is 0 Å². The Morgan fingerprint density at radius 3 is 2.53 bits per heavy atom. The largest absolute Gasteiger partial charge is 0.482 e. The number of ether oxygens (including phenoxy) is 1. The number of imidazole rings is 1. The summed E-state index contributed by atoms with van der Waals surface area (Å²) < 4.78 is 100. The Kier molecular flexibility index (Phi) is 7.75. The first-order valence-electron chi connectivity index (χ1n) is 13.1. The van der Waals surface area contributed by atoms with Crippen molar-refractivity contribution < 1.29 is 39.9 Å². The van der Waals surface area contributed by atoms with Crippen LogP contribution in [-0.4, -0.2) is 83.4 Å². The molecule has 4 aromatic heterocycles. The van der Waals surface area contributed by atoms with Crippen LogP contribution < -0.4 is 14.8 Å². The summed E-state index contributed by atoms with van der Waals surface area (Å²) in [7, 11) is -3.14. The second-order valence-electron chi connectivity index (χ2n) is 10.3. The van der Waals surface area contributed by atoms with E-state index in [-0.39, 0.29) is 55.8 Å². The van der Waals surface area contributed by atoms with Crippen LogP contribution in [0.3, 0.4) is 0 Å². The van der Waals surface area contributed by atoms with E-state index in [1.54, 1.807) is 11.8 Å². The van der Waals surface area contributed by atoms with E-state index in [9.17, 15) is 35.2 Å². The van der Waals surface area contributed by atoms with Gasteiger partial charge < -0.3 is 19.9 Å². The molecule has 232 valence electrons. The summed E-state index contributed by atoms with van der Waals surface area (Å²) in [6.07, 6.45) is -2.68. The van der Waals surface area contributed by atoms with Crippen LogP contribution in [0, 0.1) is 6.92 Å². The van der Waals surface area contributed by atoms with Crippen LogP contribution in [-0.2, 0) is 16.6 Å². The third-order valence-corrected chi connectivity index (χ3v) is 8.25. The molecule has 2 N–H and O–H groups in total. The maximum atomic E-state index is 13.8. The number of nitrogens with zero attached hydrogens (tertiary/aromatic N) is 6. The van der Waals surface area contributed by atoms with Crippen molar-refractivity contribution >= 4 is 38.4 Å². The molecule has 0 saturated carbocycles. The highest BCUT2D eigenvalue weighted by molar-refractivity contribution is 7.92. The lowest BCUT2D eigenvalue weighted by Crippen LogP contribution is -2.45. The molecule has 43 heavy (non-hydrogen) atoms. The number of nitrogens with two attached hydrogens (primary N) is 1. The zero-order valence-electron chi connectivity index (χ0n) is 23.3. The van der Waals surface area contributed by atoms with Crippen molar-refractivity contribution in [3.05, 3.63) is 41.6 Å². The topological polar surface area (TPSA) is 128 Å². The number of carbonyl (C=O) groups is 1. The number of piperidine rings is 1. The lowest BCUT2D eigenvalue weighted by molar-refractivity contribution is -0.139. The number of sulfonamides is 1. The van der Waals surface area contributed by atoms with Crippen molar-refractivity contribution in [1.82, 2.24) is 23.8 Å².